The first-order valence-corrected chi connectivity index (χ1v) is 7.80. The number of nitrogens with zero attached hydrogens (tertiary/aromatic N) is 2. The number of benzene rings is 1. The lowest BCUT2D eigenvalue weighted by atomic mass is 10.0. The Morgan fingerprint density at radius 2 is 1.95 bits per heavy atom. The summed E-state index contributed by atoms with van der Waals surface area (Å²) in [4.78, 5) is 5.44. The van der Waals surface area contributed by atoms with Crippen LogP contribution in [0.2, 0.25) is 0 Å². The van der Waals surface area contributed by atoms with Crippen LogP contribution in [0.3, 0.4) is 0 Å². The number of rotatable bonds is 3. The molecule has 1 aromatic carbocycles. The van der Waals surface area contributed by atoms with E-state index in [1.807, 2.05) is 0 Å². The first-order chi connectivity index (χ1) is 9.26. The summed E-state index contributed by atoms with van der Waals surface area (Å²) in [5, 5.41) is 0. The summed E-state index contributed by atoms with van der Waals surface area (Å²) in [6.07, 6.45) is 4.08. The van der Waals surface area contributed by atoms with Crippen molar-refractivity contribution in [1.82, 2.24) is 9.80 Å². The van der Waals surface area contributed by atoms with Gasteiger partial charge in [-0.05, 0) is 38.3 Å². The third-order valence-corrected chi connectivity index (χ3v) is 4.88. The van der Waals surface area contributed by atoms with E-state index >= 15 is 0 Å². The number of fused-ring (bicyclic) bond motifs is 1. The van der Waals surface area contributed by atoms with E-state index in [1.54, 1.807) is 0 Å². The van der Waals surface area contributed by atoms with E-state index in [9.17, 15) is 0 Å². The van der Waals surface area contributed by atoms with E-state index in [4.69, 9.17) is 0 Å². The van der Waals surface area contributed by atoms with Crippen molar-refractivity contribution in [1.29, 1.82) is 0 Å². The van der Waals surface area contributed by atoms with Gasteiger partial charge in [0.25, 0.3) is 0 Å². The van der Waals surface area contributed by atoms with Crippen molar-refractivity contribution >= 4 is 0 Å². The summed E-state index contributed by atoms with van der Waals surface area (Å²) in [5.74, 6) is 0. The highest BCUT2D eigenvalue weighted by Gasteiger charge is 2.35. The molecular weight excluding hydrogens is 232 g/mol. The Balaban J connectivity index is 1.69. The number of aryl methyl sites for hydroxylation is 1. The summed E-state index contributed by atoms with van der Waals surface area (Å²) in [6, 6.07) is 10.6. The summed E-state index contributed by atoms with van der Waals surface area (Å²) in [5.41, 5.74) is 2.83. The van der Waals surface area contributed by atoms with Gasteiger partial charge in [0.2, 0.25) is 0 Å². The van der Waals surface area contributed by atoms with Crippen LogP contribution in [0.25, 0.3) is 0 Å². The molecule has 2 aliphatic heterocycles. The molecule has 0 bridgehead atoms. The zero-order chi connectivity index (χ0) is 13.2. The molecule has 1 aromatic rings. The van der Waals surface area contributed by atoms with Gasteiger partial charge >= 0.3 is 0 Å². The molecule has 0 aliphatic carbocycles. The van der Waals surface area contributed by atoms with Gasteiger partial charge in [-0.1, -0.05) is 36.8 Å². The Hall–Kier alpha value is -0.860. The van der Waals surface area contributed by atoms with Crippen molar-refractivity contribution in [3.05, 3.63) is 35.4 Å². The van der Waals surface area contributed by atoms with Crippen LogP contribution in [0, 0.1) is 6.92 Å². The molecule has 2 fully saturated rings. The predicted molar refractivity (Wildman–Crippen MR) is 80.3 cm³/mol. The SMILES string of the molecule is CCC1CN2CCCC2CN1Cc1ccc(C)cc1. The molecule has 0 aromatic heterocycles. The molecule has 3 rings (SSSR count). The van der Waals surface area contributed by atoms with Crippen molar-refractivity contribution in [2.75, 3.05) is 19.6 Å². The highest BCUT2D eigenvalue weighted by molar-refractivity contribution is 5.21. The van der Waals surface area contributed by atoms with Crippen LogP contribution in [-0.4, -0.2) is 41.5 Å². The molecule has 2 atom stereocenters. The van der Waals surface area contributed by atoms with Gasteiger partial charge in [0.1, 0.15) is 0 Å². The molecule has 0 spiro atoms. The second-order valence-corrected chi connectivity index (χ2v) is 6.27. The van der Waals surface area contributed by atoms with Crippen LogP contribution >= 0.6 is 0 Å². The van der Waals surface area contributed by atoms with Gasteiger partial charge in [-0.2, -0.15) is 0 Å². The Morgan fingerprint density at radius 1 is 1.16 bits per heavy atom. The van der Waals surface area contributed by atoms with Crippen molar-refractivity contribution in [3.8, 4) is 0 Å². The molecule has 2 aliphatic rings. The monoisotopic (exact) mass is 258 g/mol. The lowest BCUT2D eigenvalue weighted by molar-refractivity contribution is 0.0437. The van der Waals surface area contributed by atoms with Gasteiger partial charge in [-0.15, -0.1) is 0 Å². The maximum absolute atomic E-state index is 2.72. The average molecular weight is 258 g/mol. The van der Waals surface area contributed by atoms with Gasteiger partial charge in [-0.3, -0.25) is 9.80 Å². The zero-order valence-corrected chi connectivity index (χ0v) is 12.3. The Kier molecular flexibility index (Phi) is 3.90. The lowest BCUT2D eigenvalue weighted by Crippen LogP contribution is -2.55. The summed E-state index contributed by atoms with van der Waals surface area (Å²) in [6.45, 7) is 9.52. The maximum Gasteiger partial charge on any atom is 0.0237 e. The highest BCUT2D eigenvalue weighted by atomic mass is 15.3. The largest absolute Gasteiger partial charge is 0.298 e. The second kappa shape index (κ2) is 5.64. The van der Waals surface area contributed by atoms with Gasteiger partial charge in [0.05, 0.1) is 0 Å². The fourth-order valence-electron chi connectivity index (χ4n) is 3.66. The standard InChI is InChI=1S/C17H26N2/c1-3-16-12-18-10-4-5-17(18)13-19(16)11-15-8-6-14(2)7-9-15/h6-9,16-17H,3-5,10-13H2,1-2H3. The summed E-state index contributed by atoms with van der Waals surface area (Å²) in [7, 11) is 0. The molecule has 2 nitrogen and oxygen atoms in total. The van der Waals surface area contributed by atoms with Gasteiger partial charge in [0, 0.05) is 31.7 Å². The topological polar surface area (TPSA) is 6.48 Å². The van der Waals surface area contributed by atoms with Crippen LogP contribution in [0.5, 0.6) is 0 Å². The normalized spacial score (nSPS) is 28.5. The van der Waals surface area contributed by atoms with E-state index in [0.717, 1.165) is 18.6 Å². The zero-order valence-electron chi connectivity index (χ0n) is 12.3. The first kappa shape index (κ1) is 13.1. The summed E-state index contributed by atoms with van der Waals surface area (Å²) >= 11 is 0. The molecule has 19 heavy (non-hydrogen) atoms. The molecule has 0 saturated carbocycles. The number of hydrogen-bond acceptors (Lipinski definition) is 2. The quantitative estimate of drug-likeness (QED) is 0.822. The minimum absolute atomic E-state index is 0.746. The van der Waals surface area contributed by atoms with Gasteiger partial charge in [-0.25, -0.2) is 0 Å². The minimum Gasteiger partial charge on any atom is -0.298 e. The van der Waals surface area contributed by atoms with Crippen LogP contribution in [-0.2, 0) is 6.54 Å². The Labute approximate surface area is 117 Å². The Bertz CT molecular complexity index is 412. The predicted octanol–water partition coefficient (Wildman–Crippen LogP) is 3.05. The van der Waals surface area contributed by atoms with E-state index < -0.39 is 0 Å². The van der Waals surface area contributed by atoms with Crippen molar-refractivity contribution < 1.29 is 0 Å². The van der Waals surface area contributed by atoms with E-state index in [0.29, 0.717) is 0 Å². The smallest absolute Gasteiger partial charge is 0.0237 e. The van der Waals surface area contributed by atoms with Crippen molar-refractivity contribution in [2.45, 2.75) is 51.7 Å². The third kappa shape index (κ3) is 2.85. The van der Waals surface area contributed by atoms with Crippen LogP contribution < -0.4 is 0 Å². The average Bonchev–Trinajstić information content (AvgIpc) is 2.87. The lowest BCUT2D eigenvalue weighted by Gasteiger charge is -2.43. The van der Waals surface area contributed by atoms with Gasteiger partial charge < -0.3 is 0 Å². The van der Waals surface area contributed by atoms with Crippen LogP contribution in [0.4, 0.5) is 0 Å². The molecule has 0 radical (unpaired) electrons. The molecule has 2 saturated heterocycles. The third-order valence-electron chi connectivity index (χ3n) is 4.88. The second-order valence-electron chi connectivity index (χ2n) is 6.27. The fraction of sp³-hybridized carbons (Fsp3) is 0.647. The molecule has 2 unspecified atom stereocenters. The molecule has 0 amide bonds. The maximum atomic E-state index is 2.72. The van der Waals surface area contributed by atoms with Crippen molar-refractivity contribution in [3.63, 3.8) is 0 Å². The van der Waals surface area contributed by atoms with E-state index in [1.165, 1.54) is 50.0 Å². The minimum atomic E-state index is 0.746. The number of piperazine rings is 1. The first-order valence-electron chi connectivity index (χ1n) is 7.80. The molecule has 0 N–H and O–H groups in total. The van der Waals surface area contributed by atoms with Crippen LogP contribution in [0.15, 0.2) is 24.3 Å². The van der Waals surface area contributed by atoms with E-state index in [2.05, 4.69) is 47.9 Å². The highest BCUT2D eigenvalue weighted by Crippen LogP contribution is 2.27. The van der Waals surface area contributed by atoms with Crippen molar-refractivity contribution in [2.24, 2.45) is 0 Å². The molecule has 2 heteroatoms. The Morgan fingerprint density at radius 3 is 2.68 bits per heavy atom. The fourth-order valence-corrected chi connectivity index (χ4v) is 3.66. The number of hydrogen-bond donors (Lipinski definition) is 0. The van der Waals surface area contributed by atoms with E-state index in [-0.39, 0.29) is 0 Å². The summed E-state index contributed by atoms with van der Waals surface area (Å²) < 4.78 is 0. The molecular formula is C17H26N2. The van der Waals surface area contributed by atoms with Crippen LogP contribution in [0.1, 0.15) is 37.3 Å². The molecule has 2 heterocycles. The van der Waals surface area contributed by atoms with Gasteiger partial charge in [0.15, 0.2) is 0 Å². The molecule has 104 valence electrons.